The molecule has 1 unspecified atom stereocenters. The van der Waals surface area contributed by atoms with E-state index in [1.54, 1.807) is 82.1 Å². The second-order valence-electron chi connectivity index (χ2n) is 26.0. The summed E-state index contributed by atoms with van der Waals surface area (Å²) < 4.78 is 101. The second kappa shape index (κ2) is 27.6. The number of hydrogen-bond acceptors (Lipinski definition) is 22. The van der Waals surface area contributed by atoms with E-state index < -0.39 is 96.2 Å². The lowest BCUT2D eigenvalue weighted by Crippen LogP contribution is -2.44. The third kappa shape index (κ3) is 12.2. The first-order valence-corrected chi connectivity index (χ1v) is 37.3. The van der Waals surface area contributed by atoms with Gasteiger partial charge in [0.1, 0.15) is 37.3 Å². The smallest absolute Gasteiger partial charge is 0.343 e. The number of pyridine rings is 6. The summed E-state index contributed by atoms with van der Waals surface area (Å²) in [5.74, 6) is -3.33. The Kier molecular flexibility index (Phi) is 19.8. The van der Waals surface area contributed by atoms with Crippen LogP contribution in [0.1, 0.15) is 131 Å². The lowest BCUT2D eigenvalue weighted by Gasteiger charge is -2.31. The number of nitrogens with zero attached hydrogens (tertiary/aromatic N) is 6. The predicted molar refractivity (Wildman–Crippen MR) is 376 cm³/mol. The van der Waals surface area contributed by atoms with E-state index in [9.17, 15) is 85.2 Å². The Labute approximate surface area is 593 Å². The first kappa shape index (κ1) is 73.9. The van der Waals surface area contributed by atoms with Crippen LogP contribution in [0.15, 0.2) is 69.0 Å². The highest BCUT2D eigenvalue weighted by Crippen LogP contribution is 2.46. The minimum atomic E-state index is -3.73. The van der Waals surface area contributed by atoms with Gasteiger partial charge in [0.15, 0.2) is 26.6 Å². The van der Waals surface area contributed by atoms with Crippen LogP contribution in [-0.4, -0.2) is 127 Å². The van der Waals surface area contributed by atoms with Crippen molar-refractivity contribution in [3.63, 3.8) is 0 Å². The number of fused-ring (bicyclic) bond motifs is 15. The number of cyclic esters (lactones) is 3. The van der Waals surface area contributed by atoms with Gasteiger partial charge in [0.25, 0.3) is 16.7 Å². The van der Waals surface area contributed by atoms with Crippen molar-refractivity contribution >= 4 is 83.0 Å². The molecule has 0 saturated heterocycles. The SMILES string of the molecule is C.CC[C@@]1(O)C(=O)OCc2c1cc1n(c2=O)Cc2c-1nc1cc(F)c(C)cc1c2CS(=O)(=O)CCO.CC[C@@]1(O)C(=O)OCc2c1cc1n(c2=O)Cc2c-1nc1cc(F)c(C)cc1c2CS(=O)CCO.CC[C@@]1(O)C(=O)OCc2c1cc1n(c2=O)Cc2c-1nc1cc(F)c(C)cc1c2CSCCO. The molecule has 0 aliphatic carbocycles. The average molecular weight is 1480 g/mol. The molecule has 9 aromatic rings. The maximum atomic E-state index is 14.4. The highest BCUT2D eigenvalue weighted by Gasteiger charge is 2.49. The topological polar surface area (TPSA) is 356 Å². The molecule has 103 heavy (non-hydrogen) atoms. The van der Waals surface area contributed by atoms with Gasteiger partial charge >= 0.3 is 17.9 Å². The zero-order valence-electron chi connectivity index (χ0n) is 56.0. The molecule has 0 amide bonds. The minimum absolute atomic E-state index is 0. The van der Waals surface area contributed by atoms with Gasteiger partial charge in [-0.2, -0.15) is 11.8 Å². The van der Waals surface area contributed by atoms with Crippen LogP contribution < -0.4 is 16.7 Å². The summed E-state index contributed by atoms with van der Waals surface area (Å²) >= 11 is 1.55. The maximum absolute atomic E-state index is 14.4. The number of carbonyl (C=O) groups excluding carboxylic acids is 3. The fourth-order valence-corrected chi connectivity index (χ4v) is 17.4. The molecule has 0 bridgehead atoms. The highest BCUT2D eigenvalue weighted by atomic mass is 32.2. The Hall–Kier alpha value is -8.85. The Bertz CT molecular complexity index is 5510. The molecule has 0 saturated carbocycles. The zero-order chi connectivity index (χ0) is 73.1. The lowest BCUT2D eigenvalue weighted by atomic mass is 9.86. The summed E-state index contributed by atoms with van der Waals surface area (Å²) in [5, 5.41) is 62.6. The number of thioether (sulfide) groups is 1. The van der Waals surface area contributed by atoms with Gasteiger partial charge in [-0.1, -0.05) is 28.2 Å². The third-order valence-corrected chi connectivity index (χ3v) is 23.9. The number of aryl methyl sites for hydroxylation is 3. The quantitative estimate of drug-likeness (QED) is 0.0358. The van der Waals surface area contributed by atoms with E-state index in [4.69, 9.17) is 19.2 Å². The van der Waals surface area contributed by atoms with E-state index in [0.717, 1.165) is 16.5 Å². The zero-order valence-corrected chi connectivity index (χ0v) is 58.5. The number of esters is 3. The van der Waals surface area contributed by atoms with Crippen molar-refractivity contribution in [2.24, 2.45) is 0 Å². The lowest BCUT2D eigenvalue weighted by molar-refractivity contribution is -0.172. The molecular weight excluding hydrogens is 1400 g/mol. The van der Waals surface area contributed by atoms with E-state index in [-0.39, 0.29) is 147 Å². The number of halogens is 3. The summed E-state index contributed by atoms with van der Waals surface area (Å²) in [6, 6.07) is 13.6. The first-order chi connectivity index (χ1) is 48.5. The molecule has 0 fully saturated rings. The van der Waals surface area contributed by atoms with E-state index in [1.807, 2.05) is 0 Å². The number of aliphatic hydroxyl groups excluding tert-OH is 3. The normalized spacial score (nSPS) is 18.8. The van der Waals surface area contributed by atoms with Crippen LogP contribution in [0.25, 0.3) is 66.9 Å². The minimum Gasteiger partial charge on any atom is -0.458 e. The molecule has 6 aliphatic heterocycles. The Morgan fingerprint density at radius 1 is 0.515 bits per heavy atom. The maximum Gasteiger partial charge on any atom is 0.343 e. The van der Waals surface area contributed by atoms with Gasteiger partial charge in [-0.3, -0.25) is 18.6 Å². The van der Waals surface area contributed by atoms with Gasteiger partial charge in [0.2, 0.25) is 0 Å². The van der Waals surface area contributed by atoms with Gasteiger partial charge in [-0.25, -0.2) is 50.9 Å². The fraction of sp³-hybridized carbons (Fsp3) is 0.384. The van der Waals surface area contributed by atoms with Crippen molar-refractivity contribution in [1.82, 2.24) is 28.7 Å². The van der Waals surface area contributed by atoms with Crippen LogP contribution in [0.5, 0.6) is 0 Å². The summed E-state index contributed by atoms with van der Waals surface area (Å²) in [6.45, 7) is 8.76. The van der Waals surface area contributed by atoms with Crippen LogP contribution in [0.2, 0.25) is 0 Å². The number of ether oxygens (including phenoxy) is 3. The van der Waals surface area contributed by atoms with Crippen LogP contribution in [0, 0.1) is 38.2 Å². The summed E-state index contributed by atoms with van der Waals surface area (Å²) in [7, 11) is -5.11. The van der Waals surface area contributed by atoms with E-state index in [2.05, 4.69) is 9.97 Å². The monoisotopic (exact) mass is 1470 g/mol. The number of hydrogen-bond donors (Lipinski definition) is 6. The fourth-order valence-electron chi connectivity index (χ4n) is 14.4. The number of rotatable bonds is 15. The standard InChI is InChI=1S/C24H23FN2O7S.C24H23FN2O6S.C24H23FN2O5S.CH4/c1-3-24(31)17-7-20-21-14(9-27(20)22(29)15(17)10-34-23(24)30)16(11-35(32,33)5-4-28)13-6-12(2)18(25)8-19(13)26-21;1-3-24(31)17-7-20-21-14(9-27(20)22(29)15(17)10-33-23(24)30)16(11-34(32)5-4-28)13-6-12(2)18(25)8-19(13)26-21;1-3-24(31)17-7-20-21-14(9-27(20)22(29)15(17)10-32-23(24)30)16(11-33-5-4-28)13-6-12(2)18(25)8-19(13)26-21;/h6-8,28,31H,3-5,9-11H2,1-2H3;6-8,28,31H,3-5,9-11H2,1-2H3;6-8,28,31H,3-5,9-11H2,1-2H3;1H4/t24-;24-,34?;24-;/m000./s1. The van der Waals surface area contributed by atoms with E-state index >= 15 is 0 Å². The van der Waals surface area contributed by atoms with Crippen molar-refractivity contribution in [2.75, 3.05) is 37.1 Å². The predicted octanol–water partition coefficient (Wildman–Crippen LogP) is 6.59. The van der Waals surface area contributed by atoms with Gasteiger partial charge in [0, 0.05) is 102 Å². The molecule has 0 radical (unpaired) electrons. The Morgan fingerprint density at radius 2 is 0.864 bits per heavy atom. The van der Waals surface area contributed by atoms with Gasteiger partial charge in [0.05, 0.1) is 118 Å². The average Bonchev–Trinajstić information content (AvgIpc) is 1.66. The third-order valence-electron chi connectivity index (χ3n) is 20.1. The van der Waals surface area contributed by atoms with Crippen molar-refractivity contribution in [3.05, 3.63) is 187 Å². The molecule has 24 nitrogen and oxygen atoms in total. The molecular formula is C73H73F3N6O18S3. The van der Waals surface area contributed by atoms with Gasteiger partial charge in [-0.05, 0) is 110 Å². The molecule has 12 heterocycles. The van der Waals surface area contributed by atoms with Crippen LogP contribution in [0.3, 0.4) is 0 Å². The number of benzene rings is 3. The number of aromatic nitrogens is 6. The number of sulfone groups is 1. The van der Waals surface area contributed by atoms with Crippen LogP contribution >= 0.6 is 11.8 Å². The van der Waals surface area contributed by atoms with Crippen molar-refractivity contribution in [1.29, 1.82) is 0 Å². The summed E-state index contributed by atoms with van der Waals surface area (Å²) in [4.78, 5) is 91.2. The summed E-state index contributed by atoms with van der Waals surface area (Å²) in [6.07, 6.45) is 0.0672. The molecule has 0 spiro atoms. The number of aliphatic hydroxyl groups is 6. The van der Waals surface area contributed by atoms with Crippen LogP contribution in [0.4, 0.5) is 13.2 Å². The largest absolute Gasteiger partial charge is 0.458 e. The molecule has 6 N–H and O–H groups in total. The Balaban J connectivity index is 0.000000145. The molecule has 6 aliphatic rings. The van der Waals surface area contributed by atoms with Crippen molar-refractivity contribution in [2.45, 2.75) is 142 Å². The molecule has 4 atom stereocenters. The highest BCUT2D eigenvalue weighted by molar-refractivity contribution is 7.98. The molecule has 15 rings (SSSR count). The van der Waals surface area contributed by atoms with Crippen molar-refractivity contribution in [3.8, 4) is 34.2 Å². The number of carbonyl (C=O) groups is 3. The van der Waals surface area contributed by atoms with E-state index in [0.29, 0.717) is 101 Å². The molecule has 6 aromatic heterocycles. The van der Waals surface area contributed by atoms with E-state index in [1.165, 1.54) is 39.5 Å². The molecule has 30 heteroatoms. The van der Waals surface area contributed by atoms with Gasteiger partial charge in [-0.15, -0.1) is 0 Å². The first-order valence-electron chi connectivity index (χ1n) is 32.8. The molecule has 542 valence electrons. The van der Waals surface area contributed by atoms with Gasteiger partial charge < -0.3 is 58.6 Å². The Morgan fingerprint density at radius 3 is 1.21 bits per heavy atom. The second-order valence-corrected chi connectivity index (χ2v) is 30.9. The summed E-state index contributed by atoms with van der Waals surface area (Å²) in [5.41, 5.74) is 2.83. The van der Waals surface area contributed by atoms with Crippen LogP contribution in [-0.2, 0) is 123 Å². The molecule has 3 aromatic carbocycles. The van der Waals surface area contributed by atoms with Crippen molar-refractivity contribution < 1.29 is 85.0 Å².